The highest BCUT2D eigenvalue weighted by Gasteiger charge is 2.58. The van der Waals surface area contributed by atoms with Gasteiger partial charge in [0.1, 0.15) is 17.4 Å². The Labute approximate surface area is 148 Å². The fourth-order valence-electron chi connectivity index (χ4n) is 3.42. The Bertz CT molecular complexity index is 901. The molecule has 2 aliphatic rings. The first-order valence-corrected chi connectivity index (χ1v) is 8.16. The zero-order valence-electron chi connectivity index (χ0n) is 14.5. The maximum absolute atomic E-state index is 11.6. The van der Waals surface area contributed by atoms with Crippen molar-refractivity contribution in [2.24, 2.45) is 0 Å². The van der Waals surface area contributed by atoms with Crippen LogP contribution in [0, 0.1) is 0 Å². The molecule has 0 N–H and O–H groups in total. The van der Waals surface area contributed by atoms with Crippen molar-refractivity contribution in [1.82, 2.24) is 0 Å². The highest BCUT2D eigenvalue weighted by atomic mass is 16.8. The number of benzene rings is 1. The predicted octanol–water partition coefficient (Wildman–Crippen LogP) is 2.23. The van der Waals surface area contributed by atoms with Crippen LogP contribution in [-0.4, -0.2) is 43.5 Å². The zero-order valence-corrected chi connectivity index (χ0v) is 14.5. The summed E-state index contributed by atoms with van der Waals surface area (Å²) in [5.74, 6) is 0.408. The van der Waals surface area contributed by atoms with Gasteiger partial charge in [0.2, 0.25) is 12.4 Å². The van der Waals surface area contributed by atoms with Crippen LogP contribution in [0.2, 0.25) is 0 Å². The lowest BCUT2D eigenvalue weighted by atomic mass is 9.89. The van der Waals surface area contributed by atoms with Crippen LogP contribution in [0.15, 0.2) is 39.5 Å². The van der Waals surface area contributed by atoms with Gasteiger partial charge >= 0.3 is 11.8 Å². The van der Waals surface area contributed by atoms with Crippen LogP contribution in [0.25, 0.3) is 11.0 Å². The monoisotopic (exact) mass is 362 g/mol. The molecule has 2 fully saturated rings. The molecule has 0 radical (unpaired) electrons. The first kappa shape index (κ1) is 16.9. The number of methoxy groups -OCH3 is 1. The minimum absolute atomic E-state index is 0.385. The van der Waals surface area contributed by atoms with Crippen LogP contribution in [0.3, 0.4) is 0 Å². The Balaban J connectivity index is 1.64. The van der Waals surface area contributed by atoms with E-state index in [4.69, 9.17) is 28.1 Å². The average Bonchev–Trinajstić information content (AvgIpc) is 2.95. The van der Waals surface area contributed by atoms with Crippen molar-refractivity contribution in [3.63, 3.8) is 0 Å². The minimum atomic E-state index is -0.902. The van der Waals surface area contributed by atoms with E-state index in [1.807, 2.05) is 13.8 Å². The van der Waals surface area contributed by atoms with E-state index in [0.29, 0.717) is 11.3 Å². The third-order valence-corrected chi connectivity index (χ3v) is 4.56. The van der Waals surface area contributed by atoms with Crippen LogP contribution in [-0.2, 0) is 18.9 Å². The maximum atomic E-state index is 11.6. The van der Waals surface area contributed by atoms with E-state index < -0.39 is 42.0 Å². The van der Waals surface area contributed by atoms with Crippen molar-refractivity contribution in [2.45, 2.75) is 44.1 Å². The van der Waals surface area contributed by atoms with E-state index in [1.54, 1.807) is 24.3 Å². The molecule has 0 aliphatic carbocycles. The quantitative estimate of drug-likeness (QED) is 0.606. The van der Waals surface area contributed by atoms with Crippen molar-refractivity contribution < 1.29 is 32.9 Å². The van der Waals surface area contributed by atoms with E-state index in [0.717, 1.165) is 5.39 Å². The summed E-state index contributed by atoms with van der Waals surface area (Å²) in [5, 5.41) is 0.759. The molecule has 4 atom stereocenters. The normalized spacial score (nSPS) is 29.7. The molecule has 8 nitrogen and oxygen atoms in total. The summed E-state index contributed by atoms with van der Waals surface area (Å²) in [4.78, 5) is 23.0. The number of ether oxygens (including phenoxy) is 5. The number of carbonyl (C=O) groups excluding carboxylic acids is 1. The van der Waals surface area contributed by atoms with Gasteiger partial charge in [-0.05, 0) is 32.0 Å². The van der Waals surface area contributed by atoms with Crippen LogP contribution in [0.5, 0.6) is 5.75 Å². The van der Waals surface area contributed by atoms with E-state index in [2.05, 4.69) is 0 Å². The molecule has 4 rings (SSSR count). The predicted molar refractivity (Wildman–Crippen MR) is 88.0 cm³/mol. The highest BCUT2D eigenvalue weighted by Crippen LogP contribution is 2.38. The second kappa shape index (κ2) is 6.00. The molecule has 2 saturated heterocycles. The lowest BCUT2D eigenvalue weighted by molar-refractivity contribution is -0.282. The van der Waals surface area contributed by atoms with Crippen molar-refractivity contribution in [1.29, 1.82) is 0 Å². The van der Waals surface area contributed by atoms with Gasteiger partial charge in [-0.15, -0.1) is 0 Å². The summed E-state index contributed by atoms with van der Waals surface area (Å²) < 4.78 is 33.0. The van der Waals surface area contributed by atoms with E-state index >= 15 is 0 Å². The summed E-state index contributed by atoms with van der Waals surface area (Å²) >= 11 is 0. The second-order valence-electron chi connectivity index (χ2n) is 6.73. The van der Waals surface area contributed by atoms with Crippen LogP contribution < -0.4 is 10.4 Å². The summed E-state index contributed by atoms with van der Waals surface area (Å²) in [5.41, 5.74) is -0.847. The molecule has 1 aromatic carbocycles. The standard InChI is InChI=1S/C18H18O8/c1-18(2)15(21-3)13-14(25-17(20)24-13)16(26-18)22-10-6-4-9-5-7-12(19)23-11(9)8-10/h4-8,13-16H,1-3H3/t13?,14?,15-,16?/m1/s1. The van der Waals surface area contributed by atoms with Crippen molar-refractivity contribution in [3.05, 3.63) is 40.8 Å². The molecule has 0 bridgehead atoms. The van der Waals surface area contributed by atoms with Gasteiger partial charge in [-0.25, -0.2) is 9.59 Å². The number of fused-ring (bicyclic) bond motifs is 2. The topological polar surface area (TPSA) is 93.4 Å². The van der Waals surface area contributed by atoms with Gasteiger partial charge in [-0.3, -0.25) is 0 Å². The van der Waals surface area contributed by atoms with Crippen molar-refractivity contribution in [2.75, 3.05) is 7.11 Å². The largest absolute Gasteiger partial charge is 0.509 e. The third-order valence-electron chi connectivity index (χ3n) is 4.56. The van der Waals surface area contributed by atoms with E-state index in [-0.39, 0.29) is 0 Å². The fraction of sp³-hybridized carbons (Fsp3) is 0.444. The molecular formula is C18H18O8. The molecule has 0 amide bonds. The maximum Gasteiger partial charge on any atom is 0.509 e. The molecule has 2 aromatic rings. The third kappa shape index (κ3) is 2.81. The first-order valence-electron chi connectivity index (χ1n) is 8.16. The average molecular weight is 362 g/mol. The number of rotatable bonds is 3. The molecule has 0 saturated carbocycles. The number of hydrogen-bond acceptors (Lipinski definition) is 8. The molecule has 138 valence electrons. The molecule has 26 heavy (non-hydrogen) atoms. The molecule has 8 heteroatoms. The summed E-state index contributed by atoms with van der Waals surface area (Å²) in [7, 11) is 1.52. The Morgan fingerprint density at radius 1 is 1.04 bits per heavy atom. The summed E-state index contributed by atoms with van der Waals surface area (Å²) in [6, 6.07) is 8.07. The lowest BCUT2D eigenvalue weighted by Gasteiger charge is -2.45. The van der Waals surface area contributed by atoms with Crippen molar-refractivity contribution in [3.8, 4) is 5.75 Å². The minimum Gasteiger partial charge on any atom is -0.461 e. The van der Waals surface area contributed by atoms with Gasteiger partial charge < -0.3 is 28.1 Å². The molecule has 0 spiro atoms. The Kier molecular flexibility index (Phi) is 3.89. The SMILES string of the molecule is CO[C@@H]1C2OC(=O)OC2C(Oc2ccc3ccc(=O)oc3c2)OC1(C)C. The number of carbonyl (C=O) groups is 1. The Morgan fingerprint density at radius 3 is 2.54 bits per heavy atom. The van der Waals surface area contributed by atoms with Crippen LogP contribution in [0.1, 0.15) is 13.8 Å². The molecular weight excluding hydrogens is 344 g/mol. The van der Waals surface area contributed by atoms with E-state index in [9.17, 15) is 9.59 Å². The van der Waals surface area contributed by atoms with Gasteiger partial charge in [0.25, 0.3) is 0 Å². The van der Waals surface area contributed by atoms with Gasteiger partial charge in [-0.2, -0.15) is 0 Å². The van der Waals surface area contributed by atoms with Crippen molar-refractivity contribution >= 4 is 17.1 Å². The Morgan fingerprint density at radius 2 is 1.77 bits per heavy atom. The number of hydrogen-bond donors (Lipinski definition) is 0. The van der Waals surface area contributed by atoms with Gasteiger partial charge in [0, 0.05) is 24.6 Å². The van der Waals surface area contributed by atoms with E-state index in [1.165, 1.54) is 13.2 Å². The molecule has 2 aliphatic heterocycles. The smallest absolute Gasteiger partial charge is 0.461 e. The summed E-state index contributed by atoms with van der Waals surface area (Å²) in [6.07, 6.45) is -3.63. The second-order valence-corrected chi connectivity index (χ2v) is 6.73. The Hall–Kier alpha value is -2.58. The van der Waals surface area contributed by atoms with Crippen LogP contribution >= 0.6 is 0 Å². The highest BCUT2D eigenvalue weighted by molar-refractivity contribution is 5.77. The first-order chi connectivity index (χ1) is 12.4. The summed E-state index contributed by atoms with van der Waals surface area (Å²) in [6.45, 7) is 3.64. The van der Waals surface area contributed by atoms with Crippen LogP contribution in [0.4, 0.5) is 4.79 Å². The lowest BCUT2D eigenvalue weighted by Crippen LogP contribution is -2.62. The molecule has 3 heterocycles. The fourth-order valence-corrected chi connectivity index (χ4v) is 3.42. The molecule has 1 aromatic heterocycles. The molecule has 3 unspecified atom stereocenters. The van der Waals surface area contributed by atoms with Gasteiger partial charge in [-0.1, -0.05) is 0 Å². The zero-order chi connectivity index (χ0) is 18.5. The van der Waals surface area contributed by atoms with Gasteiger partial charge in [0.15, 0.2) is 6.10 Å². The van der Waals surface area contributed by atoms with Gasteiger partial charge in [0.05, 0.1) is 5.60 Å².